The molecule has 0 heterocycles. The highest BCUT2D eigenvalue weighted by Crippen LogP contribution is 2.33. The van der Waals surface area contributed by atoms with E-state index < -0.39 is 0 Å². The maximum Gasteiger partial charge on any atom is 0.130 e. The van der Waals surface area contributed by atoms with E-state index in [9.17, 15) is 0 Å². The molecule has 0 aliphatic carbocycles. The molecule has 3 heteroatoms. The number of ether oxygens (including phenoxy) is 1. The van der Waals surface area contributed by atoms with Crippen LogP contribution in [0, 0.1) is 0 Å². The van der Waals surface area contributed by atoms with Crippen molar-refractivity contribution in [3.8, 4) is 11.5 Å². The summed E-state index contributed by atoms with van der Waals surface area (Å²) in [6.07, 6.45) is 0. The molecule has 2 N–H and O–H groups in total. The first kappa shape index (κ1) is 15.1. The first-order chi connectivity index (χ1) is 9.47. The molecule has 2 aromatic rings. The van der Waals surface area contributed by atoms with E-state index in [2.05, 4.69) is 35.8 Å². The maximum atomic E-state index is 6.00. The van der Waals surface area contributed by atoms with Crippen LogP contribution in [-0.4, -0.2) is 0 Å². The van der Waals surface area contributed by atoms with Gasteiger partial charge in [0, 0.05) is 10.5 Å². The molecule has 0 aromatic heterocycles. The van der Waals surface area contributed by atoms with Gasteiger partial charge in [0.25, 0.3) is 0 Å². The van der Waals surface area contributed by atoms with Crippen molar-refractivity contribution in [1.82, 2.24) is 0 Å². The van der Waals surface area contributed by atoms with Gasteiger partial charge in [-0.25, -0.2) is 0 Å². The van der Waals surface area contributed by atoms with E-state index in [-0.39, 0.29) is 6.04 Å². The van der Waals surface area contributed by atoms with Gasteiger partial charge in [0.1, 0.15) is 11.5 Å². The molecule has 0 unspecified atom stereocenters. The summed E-state index contributed by atoms with van der Waals surface area (Å²) < 4.78 is 7.07. The fourth-order valence-corrected chi connectivity index (χ4v) is 2.41. The van der Waals surface area contributed by atoms with Crippen LogP contribution >= 0.6 is 15.9 Å². The van der Waals surface area contributed by atoms with Crippen molar-refractivity contribution in [3.63, 3.8) is 0 Å². The predicted molar refractivity (Wildman–Crippen MR) is 87.3 cm³/mol. The molecule has 2 rings (SSSR count). The number of benzene rings is 2. The first-order valence-electron chi connectivity index (χ1n) is 6.80. The lowest BCUT2D eigenvalue weighted by Gasteiger charge is -2.15. The standard InChI is InChI=1S/C17H20BrNO/c1-11(2)16-10-14(18)6-9-17(16)20-15-7-4-13(5-8-15)12(3)19/h4-12H,19H2,1-3H3/t12-/m0/s1. The molecule has 0 aliphatic heterocycles. The van der Waals surface area contributed by atoms with Gasteiger partial charge < -0.3 is 10.5 Å². The van der Waals surface area contributed by atoms with Crippen LogP contribution in [0.25, 0.3) is 0 Å². The van der Waals surface area contributed by atoms with Gasteiger partial charge in [-0.2, -0.15) is 0 Å². The second kappa shape index (κ2) is 6.42. The van der Waals surface area contributed by atoms with Crippen molar-refractivity contribution in [2.24, 2.45) is 5.73 Å². The van der Waals surface area contributed by atoms with Gasteiger partial charge in [-0.3, -0.25) is 0 Å². The topological polar surface area (TPSA) is 35.2 Å². The molecule has 0 saturated carbocycles. The van der Waals surface area contributed by atoms with Crippen LogP contribution in [0.3, 0.4) is 0 Å². The van der Waals surface area contributed by atoms with E-state index in [1.807, 2.05) is 43.3 Å². The van der Waals surface area contributed by atoms with Crippen LogP contribution in [0.4, 0.5) is 0 Å². The average molecular weight is 334 g/mol. The molecule has 0 radical (unpaired) electrons. The number of nitrogens with two attached hydrogens (primary N) is 1. The molecule has 20 heavy (non-hydrogen) atoms. The quantitative estimate of drug-likeness (QED) is 0.814. The number of hydrogen-bond donors (Lipinski definition) is 1. The molecule has 0 bridgehead atoms. The molecular formula is C17H20BrNO. The lowest BCUT2D eigenvalue weighted by Crippen LogP contribution is -2.04. The molecular weight excluding hydrogens is 314 g/mol. The Morgan fingerprint density at radius 3 is 2.20 bits per heavy atom. The predicted octanol–water partition coefficient (Wildman–Crippen LogP) is 5.38. The Morgan fingerprint density at radius 2 is 1.65 bits per heavy atom. The van der Waals surface area contributed by atoms with Gasteiger partial charge in [-0.15, -0.1) is 0 Å². The van der Waals surface area contributed by atoms with E-state index in [0.29, 0.717) is 5.92 Å². The van der Waals surface area contributed by atoms with Gasteiger partial charge in [0.2, 0.25) is 0 Å². The third-order valence-electron chi connectivity index (χ3n) is 3.23. The molecule has 1 atom stereocenters. The van der Waals surface area contributed by atoms with Gasteiger partial charge in [-0.1, -0.05) is 41.9 Å². The Hall–Kier alpha value is -1.32. The lowest BCUT2D eigenvalue weighted by molar-refractivity contribution is 0.472. The summed E-state index contributed by atoms with van der Waals surface area (Å²) in [6.45, 7) is 6.29. The van der Waals surface area contributed by atoms with Crippen molar-refractivity contribution in [1.29, 1.82) is 0 Å². The van der Waals surface area contributed by atoms with Crippen molar-refractivity contribution in [2.75, 3.05) is 0 Å². The average Bonchev–Trinajstić information content (AvgIpc) is 2.41. The van der Waals surface area contributed by atoms with Crippen molar-refractivity contribution in [2.45, 2.75) is 32.7 Å². The first-order valence-corrected chi connectivity index (χ1v) is 7.59. The Morgan fingerprint density at radius 1 is 1.00 bits per heavy atom. The smallest absolute Gasteiger partial charge is 0.130 e. The number of rotatable bonds is 4. The van der Waals surface area contributed by atoms with Gasteiger partial charge in [0.15, 0.2) is 0 Å². The summed E-state index contributed by atoms with van der Waals surface area (Å²) in [4.78, 5) is 0. The van der Waals surface area contributed by atoms with Crippen LogP contribution in [0.1, 0.15) is 43.9 Å². The fourth-order valence-electron chi connectivity index (χ4n) is 2.03. The minimum absolute atomic E-state index is 0.0444. The largest absolute Gasteiger partial charge is 0.457 e. The molecule has 106 valence electrons. The molecule has 2 aromatic carbocycles. The Labute approximate surface area is 129 Å². The van der Waals surface area contributed by atoms with Crippen LogP contribution in [-0.2, 0) is 0 Å². The van der Waals surface area contributed by atoms with Crippen molar-refractivity contribution < 1.29 is 4.74 Å². The highest BCUT2D eigenvalue weighted by atomic mass is 79.9. The zero-order valence-corrected chi connectivity index (χ0v) is 13.6. The van der Waals surface area contributed by atoms with E-state index >= 15 is 0 Å². The normalized spacial score (nSPS) is 12.5. The summed E-state index contributed by atoms with van der Waals surface area (Å²) in [6, 6.07) is 14.1. The second-order valence-electron chi connectivity index (χ2n) is 5.30. The summed E-state index contributed by atoms with van der Waals surface area (Å²) in [5.74, 6) is 2.14. The van der Waals surface area contributed by atoms with Gasteiger partial charge in [0.05, 0.1) is 0 Å². The van der Waals surface area contributed by atoms with Crippen LogP contribution in [0.2, 0.25) is 0 Å². The van der Waals surface area contributed by atoms with Crippen LogP contribution in [0.5, 0.6) is 11.5 Å². The number of hydrogen-bond acceptors (Lipinski definition) is 2. The molecule has 0 spiro atoms. The van der Waals surface area contributed by atoms with E-state index in [1.165, 1.54) is 5.56 Å². The fraction of sp³-hybridized carbons (Fsp3) is 0.294. The molecule has 0 aliphatic rings. The van der Waals surface area contributed by atoms with Gasteiger partial charge >= 0.3 is 0 Å². The minimum Gasteiger partial charge on any atom is -0.457 e. The second-order valence-corrected chi connectivity index (χ2v) is 6.21. The Bertz CT molecular complexity index is 576. The molecule has 0 fully saturated rings. The third-order valence-corrected chi connectivity index (χ3v) is 3.72. The Balaban J connectivity index is 2.25. The molecule has 0 saturated heterocycles. The maximum absolute atomic E-state index is 6.00. The Kier molecular flexibility index (Phi) is 4.84. The van der Waals surface area contributed by atoms with Crippen molar-refractivity contribution >= 4 is 15.9 Å². The highest BCUT2D eigenvalue weighted by Gasteiger charge is 2.09. The zero-order chi connectivity index (χ0) is 14.7. The van der Waals surface area contributed by atoms with E-state index in [4.69, 9.17) is 10.5 Å². The number of halogens is 1. The summed E-state index contributed by atoms with van der Waals surface area (Å²) >= 11 is 3.51. The van der Waals surface area contributed by atoms with E-state index in [0.717, 1.165) is 21.5 Å². The zero-order valence-electron chi connectivity index (χ0n) is 12.1. The molecule has 2 nitrogen and oxygen atoms in total. The van der Waals surface area contributed by atoms with Crippen molar-refractivity contribution in [3.05, 3.63) is 58.1 Å². The summed E-state index contributed by atoms with van der Waals surface area (Å²) in [5, 5.41) is 0. The SMILES string of the molecule is CC(C)c1cc(Br)ccc1Oc1ccc([C@H](C)N)cc1. The monoisotopic (exact) mass is 333 g/mol. The minimum atomic E-state index is 0.0444. The summed E-state index contributed by atoms with van der Waals surface area (Å²) in [7, 11) is 0. The highest BCUT2D eigenvalue weighted by molar-refractivity contribution is 9.10. The van der Waals surface area contributed by atoms with Crippen LogP contribution < -0.4 is 10.5 Å². The van der Waals surface area contributed by atoms with Crippen LogP contribution in [0.15, 0.2) is 46.9 Å². The third kappa shape index (κ3) is 3.62. The van der Waals surface area contributed by atoms with E-state index in [1.54, 1.807) is 0 Å². The molecule has 0 amide bonds. The van der Waals surface area contributed by atoms with Gasteiger partial charge in [-0.05, 0) is 54.3 Å². The summed E-state index contributed by atoms with van der Waals surface area (Å²) in [5.41, 5.74) is 8.15. The lowest BCUT2D eigenvalue weighted by atomic mass is 10.0.